The molecule has 3 N–H and O–H groups in total. The number of hydrogen-bond acceptors (Lipinski definition) is 4. The fraction of sp³-hybridized carbons (Fsp3) is 0.583. The molecule has 0 radical (unpaired) electrons. The van der Waals surface area contributed by atoms with Crippen molar-refractivity contribution in [2.24, 2.45) is 5.73 Å². The number of ketones is 1. The summed E-state index contributed by atoms with van der Waals surface area (Å²) in [5, 5.41) is 3.27. The third-order valence-corrected chi connectivity index (χ3v) is 3.12. The second-order valence-electron chi connectivity index (χ2n) is 4.39. The van der Waals surface area contributed by atoms with Gasteiger partial charge >= 0.3 is 0 Å². The van der Waals surface area contributed by atoms with E-state index in [4.69, 9.17) is 10.2 Å². The zero-order valence-corrected chi connectivity index (χ0v) is 9.32. The molecule has 0 atom stereocenters. The zero-order valence-electron chi connectivity index (χ0n) is 9.32. The second-order valence-corrected chi connectivity index (χ2v) is 4.39. The van der Waals surface area contributed by atoms with Gasteiger partial charge in [-0.25, -0.2) is 0 Å². The van der Waals surface area contributed by atoms with Crippen LogP contribution in [0.5, 0.6) is 0 Å². The Morgan fingerprint density at radius 3 is 2.81 bits per heavy atom. The Bertz CT molecular complexity index is 327. The number of nitrogens with one attached hydrogen (secondary N) is 1. The first-order chi connectivity index (χ1) is 7.75. The average Bonchev–Trinajstić information content (AvgIpc) is 2.81. The van der Waals surface area contributed by atoms with Gasteiger partial charge in [0, 0.05) is 12.1 Å². The summed E-state index contributed by atoms with van der Waals surface area (Å²) < 4.78 is 5.04. The average molecular weight is 222 g/mol. The molecule has 0 unspecified atom stereocenters. The van der Waals surface area contributed by atoms with E-state index in [2.05, 4.69) is 5.32 Å². The standard InChI is InChI=1S/C12H18N2O2/c13-9-3-5-10(6-4-9)14-8-11(15)12-2-1-7-16-12/h1-2,7,9-10,14H,3-6,8,13H2. The Labute approximate surface area is 95.2 Å². The third-order valence-electron chi connectivity index (χ3n) is 3.12. The van der Waals surface area contributed by atoms with Crippen molar-refractivity contribution in [2.75, 3.05) is 6.54 Å². The summed E-state index contributed by atoms with van der Waals surface area (Å²) in [5.74, 6) is 0.444. The highest BCUT2D eigenvalue weighted by atomic mass is 16.3. The van der Waals surface area contributed by atoms with Crippen molar-refractivity contribution in [3.05, 3.63) is 24.2 Å². The molecule has 0 saturated heterocycles. The molecule has 1 heterocycles. The Morgan fingerprint density at radius 2 is 2.19 bits per heavy atom. The number of rotatable bonds is 4. The van der Waals surface area contributed by atoms with E-state index < -0.39 is 0 Å². The summed E-state index contributed by atoms with van der Waals surface area (Å²) in [7, 11) is 0. The molecule has 0 aliphatic heterocycles. The Balaban J connectivity index is 1.73. The molecule has 0 spiro atoms. The first-order valence-electron chi connectivity index (χ1n) is 5.81. The minimum absolute atomic E-state index is 0.0138. The number of carbonyl (C=O) groups is 1. The van der Waals surface area contributed by atoms with Gasteiger partial charge in [0.2, 0.25) is 5.78 Å². The number of carbonyl (C=O) groups excluding carboxylic acids is 1. The van der Waals surface area contributed by atoms with Crippen LogP contribution in [0.3, 0.4) is 0 Å². The largest absolute Gasteiger partial charge is 0.461 e. The van der Waals surface area contributed by atoms with Crippen LogP contribution >= 0.6 is 0 Å². The van der Waals surface area contributed by atoms with E-state index in [-0.39, 0.29) is 5.78 Å². The van der Waals surface area contributed by atoms with E-state index in [1.54, 1.807) is 12.1 Å². The number of hydrogen-bond donors (Lipinski definition) is 2. The first-order valence-corrected chi connectivity index (χ1v) is 5.81. The predicted molar refractivity (Wildman–Crippen MR) is 61.3 cm³/mol. The summed E-state index contributed by atoms with van der Waals surface area (Å²) in [4.78, 5) is 11.6. The quantitative estimate of drug-likeness (QED) is 0.754. The lowest BCUT2D eigenvalue weighted by Crippen LogP contribution is -2.39. The Kier molecular flexibility index (Phi) is 3.74. The van der Waals surface area contributed by atoms with Gasteiger partial charge in [0.1, 0.15) is 0 Å². The molecule has 1 fully saturated rings. The maximum absolute atomic E-state index is 11.6. The Hall–Kier alpha value is -1.13. The molecule has 0 aromatic carbocycles. The number of nitrogens with two attached hydrogens (primary N) is 1. The van der Waals surface area contributed by atoms with Crippen LogP contribution in [0.15, 0.2) is 22.8 Å². The highest BCUT2D eigenvalue weighted by Gasteiger charge is 2.19. The van der Waals surface area contributed by atoms with Gasteiger partial charge in [-0.05, 0) is 37.8 Å². The van der Waals surface area contributed by atoms with Gasteiger partial charge in [0.25, 0.3) is 0 Å². The predicted octanol–water partition coefficient (Wildman–Crippen LogP) is 1.32. The Morgan fingerprint density at radius 1 is 1.44 bits per heavy atom. The lowest BCUT2D eigenvalue weighted by molar-refractivity contribution is 0.0958. The minimum atomic E-state index is 0.0138. The molecule has 1 aromatic rings. The van der Waals surface area contributed by atoms with Crippen LogP contribution in [-0.2, 0) is 0 Å². The van der Waals surface area contributed by atoms with Crippen molar-refractivity contribution in [3.63, 3.8) is 0 Å². The van der Waals surface area contributed by atoms with Crippen LogP contribution in [0.1, 0.15) is 36.2 Å². The molecule has 1 saturated carbocycles. The molecule has 88 valence electrons. The molecule has 1 aliphatic carbocycles. The van der Waals surface area contributed by atoms with E-state index in [1.807, 2.05) is 0 Å². The minimum Gasteiger partial charge on any atom is -0.461 e. The van der Waals surface area contributed by atoms with Crippen LogP contribution in [-0.4, -0.2) is 24.4 Å². The number of Topliss-reactive ketones (excluding diaryl/α,β-unsaturated/α-hetero) is 1. The smallest absolute Gasteiger partial charge is 0.211 e. The molecule has 4 heteroatoms. The van der Waals surface area contributed by atoms with E-state index >= 15 is 0 Å². The lowest BCUT2D eigenvalue weighted by atomic mass is 9.92. The SMILES string of the molecule is NC1CCC(NCC(=O)c2ccco2)CC1. The second kappa shape index (κ2) is 5.27. The van der Waals surface area contributed by atoms with Gasteiger partial charge in [0.15, 0.2) is 5.76 Å². The van der Waals surface area contributed by atoms with Crippen LogP contribution in [0, 0.1) is 0 Å². The van der Waals surface area contributed by atoms with E-state index in [0.29, 0.717) is 24.4 Å². The van der Waals surface area contributed by atoms with Gasteiger partial charge in [-0.1, -0.05) is 0 Å². The molecule has 1 aliphatic rings. The third kappa shape index (κ3) is 2.93. The monoisotopic (exact) mass is 222 g/mol. The molecule has 16 heavy (non-hydrogen) atoms. The fourth-order valence-electron chi connectivity index (χ4n) is 2.08. The van der Waals surface area contributed by atoms with Crippen LogP contribution < -0.4 is 11.1 Å². The number of furan rings is 1. The van der Waals surface area contributed by atoms with Crippen molar-refractivity contribution in [1.82, 2.24) is 5.32 Å². The summed E-state index contributed by atoms with van der Waals surface area (Å²) in [6, 6.07) is 4.20. The summed E-state index contributed by atoms with van der Waals surface area (Å²) in [6.07, 6.45) is 5.74. The van der Waals surface area contributed by atoms with Crippen molar-refractivity contribution in [1.29, 1.82) is 0 Å². The molecule has 4 nitrogen and oxygen atoms in total. The first kappa shape index (κ1) is 11.4. The lowest BCUT2D eigenvalue weighted by Gasteiger charge is -2.26. The van der Waals surface area contributed by atoms with E-state index in [9.17, 15) is 4.79 Å². The molecule has 2 rings (SSSR count). The van der Waals surface area contributed by atoms with Crippen LogP contribution in [0.2, 0.25) is 0 Å². The molecular weight excluding hydrogens is 204 g/mol. The maximum Gasteiger partial charge on any atom is 0.211 e. The summed E-state index contributed by atoms with van der Waals surface area (Å²) in [6.45, 7) is 0.355. The van der Waals surface area contributed by atoms with Crippen LogP contribution in [0.25, 0.3) is 0 Å². The van der Waals surface area contributed by atoms with Gasteiger partial charge in [-0.15, -0.1) is 0 Å². The van der Waals surface area contributed by atoms with E-state index in [1.165, 1.54) is 6.26 Å². The highest BCUT2D eigenvalue weighted by molar-refractivity contribution is 5.94. The normalized spacial score (nSPS) is 25.6. The van der Waals surface area contributed by atoms with Gasteiger partial charge in [-0.3, -0.25) is 4.79 Å². The van der Waals surface area contributed by atoms with Gasteiger partial charge < -0.3 is 15.5 Å². The van der Waals surface area contributed by atoms with Crippen molar-refractivity contribution in [3.8, 4) is 0 Å². The van der Waals surface area contributed by atoms with Gasteiger partial charge in [-0.2, -0.15) is 0 Å². The van der Waals surface area contributed by atoms with Crippen molar-refractivity contribution in [2.45, 2.75) is 37.8 Å². The highest BCUT2D eigenvalue weighted by Crippen LogP contribution is 2.16. The summed E-state index contributed by atoms with van der Waals surface area (Å²) in [5.41, 5.74) is 5.82. The molecule has 1 aromatic heterocycles. The van der Waals surface area contributed by atoms with Gasteiger partial charge in [0.05, 0.1) is 12.8 Å². The molecule has 0 amide bonds. The van der Waals surface area contributed by atoms with Crippen molar-refractivity contribution < 1.29 is 9.21 Å². The van der Waals surface area contributed by atoms with E-state index in [0.717, 1.165) is 25.7 Å². The van der Waals surface area contributed by atoms with Crippen LogP contribution in [0.4, 0.5) is 0 Å². The zero-order chi connectivity index (χ0) is 11.4. The fourth-order valence-corrected chi connectivity index (χ4v) is 2.08. The maximum atomic E-state index is 11.6. The van der Waals surface area contributed by atoms with Crippen molar-refractivity contribution >= 4 is 5.78 Å². The topological polar surface area (TPSA) is 68.3 Å². The summed E-state index contributed by atoms with van der Waals surface area (Å²) >= 11 is 0. The molecule has 0 bridgehead atoms. The molecular formula is C12H18N2O2.